The highest BCUT2D eigenvalue weighted by molar-refractivity contribution is 5.99. The maximum absolute atomic E-state index is 13.3. The van der Waals surface area contributed by atoms with E-state index in [9.17, 15) is 18.0 Å². The molecule has 2 aromatic rings. The molecule has 3 rings (SSSR count). The lowest BCUT2D eigenvalue weighted by molar-refractivity contribution is -0.138. The Bertz CT molecular complexity index is 857. The second-order valence-corrected chi connectivity index (χ2v) is 7.24. The minimum atomic E-state index is -4.58. The molecule has 1 fully saturated rings. The summed E-state index contributed by atoms with van der Waals surface area (Å²) in [5.41, 5.74) is -0.746. The molecule has 29 heavy (non-hydrogen) atoms. The predicted octanol–water partition coefficient (Wildman–Crippen LogP) is 5.56. The van der Waals surface area contributed by atoms with Gasteiger partial charge in [-0.15, -0.1) is 0 Å². The number of benzene rings is 2. The van der Waals surface area contributed by atoms with Crippen LogP contribution in [0.4, 0.5) is 18.9 Å². The van der Waals surface area contributed by atoms with Crippen molar-refractivity contribution in [2.75, 3.05) is 19.5 Å². The van der Waals surface area contributed by atoms with Gasteiger partial charge in [0.2, 0.25) is 5.91 Å². The Morgan fingerprint density at radius 2 is 1.62 bits per heavy atom. The molecule has 1 N–H and O–H groups in total. The molecule has 0 aromatic heterocycles. The number of alkyl halides is 3. The molecule has 0 heterocycles. The van der Waals surface area contributed by atoms with Gasteiger partial charge in [0.25, 0.3) is 0 Å². The molecule has 156 valence electrons. The molecule has 4 nitrogen and oxygen atoms in total. The van der Waals surface area contributed by atoms with Crippen LogP contribution in [-0.4, -0.2) is 20.1 Å². The normalized spacial score (nSPS) is 16.2. The fourth-order valence-corrected chi connectivity index (χ4v) is 3.97. The highest BCUT2D eigenvalue weighted by Gasteiger charge is 2.41. The number of amides is 1. The highest BCUT2D eigenvalue weighted by Crippen LogP contribution is 2.42. The number of carbonyl (C=O) groups is 1. The second-order valence-electron chi connectivity index (χ2n) is 7.24. The van der Waals surface area contributed by atoms with Crippen molar-refractivity contribution in [2.24, 2.45) is 0 Å². The first-order valence-corrected chi connectivity index (χ1v) is 9.51. The van der Waals surface area contributed by atoms with Gasteiger partial charge in [0.15, 0.2) is 0 Å². The number of methoxy groups -OCH3 is 2. The number of carbonyl (C=O) groups excluding carboxylic acids is 1. The second kappa shape index (κ2) is 8.35. The first kappa shape index (κ1) is 21.0. The lowest BCUT2D eigenvalue weighted by atomic mass is 9.68. The lowest BCUT2D eigenvalue weighted by Gasteiger charge is -2.36. The molecule has 1 saturated carbocycles. The molecule has 0 unspecified atom stereocenters. The van der Waals surface area contributed by atoms with Gasteiger partial charge in [-0.2, -0.15) is 13.2 Å². The predicted molar refractivity (Wildman–Crippen MR) is 104 cm³/mol. The molecular formula is C22H24F3NO3. The summed E-state index contributed by atoms with van der Waals surface area (Å²) in [5.74, 6) is 0.115. The van der Waals surface area contributed by atoms with E-state index in [0.717, 1.165) is 30.9 Å². The topological polar surface area (TPSA) is 47.6 Å². The van der Waals surface area contributed by atoms with Gasteiger partial charge in [-0.25, -0.2) is 0 Å². The molecule has 0 atom stereocenters. The van der Waals surface area contributed by atoms with Crippen LogP contribution in [0, 0.1) is 0 Å². The summed E-state index contributed by atoms with van der Waals surface area (Å²) in [6.07, 6.45) is -0.483. The Morgan fingerprint density at radius 3 is 2.17 bits per heavy atom. The van der Waals surface area contributed by atoms with E-state index in [2.05, 4.69) is 5.32 Å². The Morgan fingerprint density at radius 1 is 0.966 bits per heavy atom. The lowest BCUT2D eigenvalue weighted by Crippen LogP contribution is -2.42. The zero-order valence-corrected chi connectivity index (χ0v) is 16.4. The van der Waals surface area contributed by atoms with Crippen molar-refractivity contribution < 1.29 is 27.4 Å². The Hall–Kier alpha value is -2.70. The largest absolute Gasteiger partial charge is 0.497 e. The summed E-state index contributed by atoms with van der Waals surface area (Å²) in [5, 5.41) is 2.72. The number of halogens is 3. The summed E-state index contributed by atoms with van der Waals surface area (Å²) < 4.78 is 50.0. The van der Waals surface area contributed by atoms with Crippen molar-refractivity contribution in [1.29, 1.82) is 0 Å². The fourth-order valence-electron chi connectivity index (χ4n) is 3.97. The molecule has 2 aromatic carbocycles. The minimum Gasteiger partial charge on any atom is -0.497 e. The van der Waals surface area contributed by atoms with Gasteiger partial charge in [0.1, 0.15) is 11.5 Å². The maximum Gasteiger partial charge on any atom is 0.420 e. The van der Waals surface area contributed by atoms with Crippen LogP contribution in [0.3, 0.4) is 0 Å². The average molecular weight is 407 g/mol. The molecule has 0 aliphatic heterocycles. The molecule has 0 bridgehead atoms. The maximum atomic E-state index is 13.3. The van der Waals surface area contributed by atoms with E-state index < -0.39 is 17.2 Å². The van der Waals surface area contributed by atoms with Gasteiger partial charge < -0.3 is 14.8 Å². The van der Waals surface area contributed by atoms with Crippen molar-refractivity contribution in [2.45, 2.75) is 43.7 Å². The van der Waals surface area contributed by atoms with E-state index >= 15 is 0 Å². The molecule has 7 heteroatoms. The van der Waals surface area contributed by atoms with Crippen LogP contribution in [0.15, 0.2) is 42.5 Å². The number of hydrogen-bond donors (Lipinski definition) is 1. The van der Waals surface area contributed by atoms with Gasteiger partial charge in [0, 0.05) is 5.69 Å². The summed E-state index contributed by atoms with van der Waals surface area (Å²) in [4.78, 5) is 13.3. The van der Waals surface area contributed by atoms with E-state index in [0.29, 0.717) is 18.6 Å². The van der Waals surface area contributed by atoms with Crippen molar-refractivity contribution in [3.8, 4) is 11.5 Å². The smallest absolute Gasteiger partial charge is 0.420 e. The summed E-state index contributed by atoms with van der Waals surface area (Å²) in [7, 11) is 2.75. The molecular weight excluding hydrogens is 383 g/mol. The number of nitrogens with one attached hydrogen (secondary N) is 1. The summed E-state index contributed by atoms with van der Waals surface area (Å²) in [6, 6.07) is 10.9. The molecule has 0 radical (unpaired) electrons. The van der Waals surface area contributed by atoms with Crippen molar-refractivity contribution in [3.63, 3.8) is 0 Å². The molecule has 1 aliphatic rings. The van der Waals surface area contributed by atoms with E-state index in [1.54, 1.807) is 19.2 Å². The average Bonchev–Trinajstić information content (AvgIpc) is 2.73. The zero-order valence-electron chi connectivity index (χ0n) is 16.4. The van der Waals surface area contributed by atoms with E-state index in [1.165, 1.54) is 19.2 Å². The van der Waals surface area contributed by atoms with E-state index in [-0.39, 0.29) is 17.3 Å². The van der Waals surface area contributed by atoms with Crippen LogP contribution in [0.1, 0.15) is 43.2 Å². The third-order valence-corrected chi connectivity index (χ3v) is 5.55. The van der Waals surface area contributed by atoms with Crippen molar-refractivity contribution >= 4 is 11.6 Å². The summed E-state index contributed by atoms with van der Waals surface area (Å²) in [6.45, 7) is 0. The molecule has 0 saturated heterocycles. The van der Waals surface area contributed by atoms with Crippen LogP contribution < -0.4 is 14.8 Å². The molecule has 1 amide bonds. The highest BCUT2D eigenvalue weighted by atomic mass is 19.4. The zero-order chi connectivity index (χ0) is 21.1. The van der Waals surface area contributed by atoms with Gasteiger partial charge in [0.05, 0.1) is 25.2 Å². The van der Waals surface area contributed by atoms with Gasteiger partial charge >= 0.3 is 6.18 Å². The SMILES string of the molecule is COc1ccc(C2(C(=O)Nc3ccc(OC)c(C(F)(F)F)c3)CCCCC2)cc1. The first-order chi connectivity index (χ1) is 13.8. The Balaban J connectivity index is 1.93. The van der Waals surface area contributed by atoms with Crippen LogP contribution in [0.2, 0.25) is 0 Å². The van der Waals surface area contributed by atoms with Gasteiger partial charge in [-0.05, 0) is 48.7 Å². The first-order valence-electron chi connectivity index (χ1n) is 9.51. The monoisotopic (exact) mass is 407 g/mol. The summed E-state index contributed by atoms with van der Waals surface area (Å²) >= 11 is 0. The number of hydrogen-bond acceptors (Lipinski definition) is 3. The Kier molecular flexibility index (Phi) is 6.05. The van der Waals surface area contributed by atoms with Crippen molar-refractivity contribution in [1.82, 2.24) is 0 Å². The third-order valence-electron chi connectivity index (χ3n) is 5.55. The number of ether oxygens (including phenoxy) is 2. The van der Waals surface area contributed by atoms with E-state index in [1.807, 2.05) is 12.1 Å². The third kappa shape index (κ3) is 4.33. The quantitative estimate of drug-likeness (QED) is 0.706. The standard InChI is InChI=1S/C22H24F3NO3/c1-28-17-9-6-15(7-10-17)21(12-4-3-5-13-21)20(27)26-16-8-11-19(29-2)18(14-16)22(23,24)25/h6-11,14H,3-5,12-13H2,1-2H3,(H,26,27). The van der Waals surface area contributed by atoms with Crippen LogP contribution in [0.5, 0.6) is 11.5 Å². The number of rotatable bonds is 5. The van der Waals surface area contributed by atoms with Crippen LogP contribution >= 0.6 is 0 Å². The Labute approximate surface area is 168 Å². The van der Waals surface area contributed by atoms with Crippen LogP contribution in [-0.2, 0) is 16.4 Å². The van der Waals surface area contributed by atoms with Gasteiger partial charge in [-0.1, -0.05) is 31.4 Å². The molecule has 1 aliphatic carbocycles. The fraction of sp³-hybridized carbons (Fsp3) is 0.409. The van der Waals surface area contributed by atoms with Crippen LogP contribution in [0.25, 0.3) is 0 Å². The molecule has 0 spiro atoms. The number of anilines is 1. The van der Waals surface area contributed by atoms with Crippen molar-refractivity contribution in [3.05, 3.63) is 53.6 Å². The van der Waals surface area contributed by atoms with Gasteiger partial charge in [-0.3, -0.25) is 4.79 Å². The van der Waals surface area contributed by atoms with E-state index in [4.69, 9.17) is 9.47 Å². The minimum absolute atomic E-state index is 0.0987.